The maximum atomic E-state index is 9.86. The van der Waals surface area contributed by atoms with Crippen LogP contribution < -0.4 is 5.32 Å². The van der Waals surface area contributed by atoms with E-state index in [0.29, 0.717) is 6.54 Å². The Morgan fingerprint density at radius 1 is 1.86 bits per heavy atom. The van der Waals surface area contributed by atoms with Gasteiger partial charge in [0.25, 0.3) is 0 Å². The molecule has 0 bridgehead atoms. The van der Waals surface area contributed by atoms with Gasteiger partial charge in [-0.25, -0.2) is 0 Å². The topological polar surface area (TPSA) is 29.1 Å². The Labute approximate surface area is 47.8 Å². The molecule has 0 heterocycles. The van der Waals surface area contributed by atoms with Crippen LogP contribution in [0.25, 0.3) is 0 Å². The maximum absolute atomic E-state index is 9.86. The maximum Gasteiger partial charge on any atom is 0.313 e. The van der Waals surface area contributed by atoms with Crippen molar-refractivity contribution in [1.82, 2.24) is 5.32 Å². The summed E-state index contributed by atoms with van der Waals surface area (Å²) < 4.78 is 0. The smallest absolute Gasteiger partial charge is 0.313 e. The molecule has 0 aromatic heterocycles. The van der Waals surface area contributed by atoms with Crippen LogP contribution in [0.1, 0.15) is 13.3 Å². The average molecular weight is 122 g/mol. The Morgan fingerprint density at radius 3 is 2.57 bits per heavy atom. The standard InChI is InChI=1S/C4H8ClNO/c1-2-3-6-4(5)7/h2-3H2,1H3,(H,6,7). The molecule has 0 atom stereocenters. The predicted octanol–water partition coefficient (Wildman–Crippen LogP) is 1.34. The van der Waals surface area contributed by atoms with Gasteiger partial charge in [-0.15, -0.1) is 0 Å². The minimum atomic E-state index is -0.471. The van der Waals surface area contributed by atoms with Gasteiger partial charge in [-0.1, -0.05) is 6.92 Å². The van der Waals surface area contributed by atoms with Gasteiger partial charge in [0, 0.05) is 6.54 Å². The summed E-state index contributed by atoms with van der Waals surface area (Å²) in [6.07, 6.45) is 0.929. The molecule has 0 aromatic carbocycles. The van der Waals surface area contributed by atoms with Crippen molar-refractivity contribution in [3.63, 3.8) is 0 Å². The van der Waals surface area contributed by atoms with Crippen molar-refractivity contribution < 1.29 is 4.79 Å². The predicted molar refractivity (Wildman–Crippen MR) is 29.5 cm³/mol. The summed E-state index contributed by atoms with van der Waals surface area (Å²) in [6.45, 7) is 2.63. The van der Waals surface area contributed by atoms with Crippen LogP contribution in [0.4, 0.5) is 4.79 Å². The van der Waals surface area contributed by atoms with Gasteiger partial charge < -0.3 is 5.32 Å². The molecule has 0 aliphatic heterocycles. The number of nitrogens with one attached hydrogen (secondary N) is 1. The molecule has 42 valence electrons. The molecule has 1 amide bonds. The first-order valence-corrected chi connectivity index (χ1v) is 2.58. The second kappa shape index (κ2) is 3.93. The largest absolute Gasteiger partial charge is 0.343 e. The van der Waals surface area contributed by atoms with E-state index in [2.05, 4.69) is 5.32 Å². The number of hydrogen-bond acceptors (Lipinski definition) is 1. The van der Waals surface area contributed by atoms with Crippen molar-refractivity contribution in [2.45, 2.75) is 13.3 Å². The van der Waals surface area contributed by atoms with Crippen LogP contribution in [0.15, 0.2) is 0 Å². The molecule has 0 saturated heterocycles. The van der Waals surface area contributed by atoms with Crippen LogP contribution in [0.5, 0.6) is 0 Å². The normalized spacial score (nSPS) is 8.29. The van der Waals surface area contributed by atoms with E-state index >= 15 is 0 Å². The molecule has 0 radical (unpaired) electrons. The average Bonchev–Trinajstić information content (AvgIpc) is 1.61. The van der Waals surface area contributed by atoms with Gasteiger partial charge in [0.15, 0.2) is 0 Å². The summed E-state index contributed by atoms with van der Waals surface area (Å²) in [5.74, 6) is 0. The molecule has 1 N–H and O–H groups in total. The fourth-order valence-electron chi connectivity index (χ4n) is 0.223. The molecule has 0 unspecified atom stereocenters. The molecule has 0 saturated carbocycles. The highest BCUT2D eigenvalue weighted by Gasteiger charge is 1.86. The Morgan fingerprint density at radius 2 is 2.43 bits per heavy atom. The highest BCUT2D eigenvalue weighted by Crippen LogP contribution is 1.76. The number of amides is 1. The van der Waals surface area contributed by atoms with E-state index in [1.807, 2.05) is 6.92 Å². The SMILES string of the molecule is CCCNC(=O)Cl. The first kappa shape index (κ1) is 6.76. The van der Waals surface area contributed by atoms with Gasteiger partial charge in [0.05, 0.1) is 0 Å². The van der Waals surface area contributed by atoms with E-state index in [9.17, 15) is 4.79 Å². The van der Waals surface area contributed by atoms with Crippen LogP contribution >= 0.6 is 11.6 Å². The van der Waals surface area contributed by atoms with Crippen molar-refractivity contribution >= 4 is 17.0 Å². The van der Waals surface area contributed by atoms with Crippen molar-refractivity contribution in [2.24, 2.45) is 0 Å². The van der Waals surface area contributed by atoms with Gasteiger partial charge in [-0.3, -0.25) is 4.79 Å². The number of rotatable bonds is 2. The number of halogens is 1. The molecule has 3 heteroatoms. The van der Waals surface area contributed by atoms with Crippen molar-refractivity contribution in [2.75, 3.05) is 6.54 Å². The van der Waals surface area contributed by atoms with Gasteiger partial charge in [-0.2, -0.15) is 0 Å². The van der Waals surface area contributed by atoms with E-state index in [1.54, 1.807) is 0 Å². The van der Waals surface area contributed by atoms with Gasteiger partial charge in [0.2, 0.25) is 0 Å². The molecule has 0 rings (SSSR count). The third-order valence-corrected chi connectivity index (χ3v) is 0.648. The minimum Gasteiger partial charge on any atom is -0.343 e. The van der Waals surface area contributed by atoms with Gasteiger partial charge in [0.1, 0.15) is 0 Å². The molecular formula is C4H8ClNO. The van der Waals surface area contributed by atoms with Crippen LogP contribution in [-0.4, -0.2) is 11.9 Å². The van der Waals surface area contributed by atoms with E-state index in [0.717, 1.165) is 6.42 Å². The highest BCUT2D eigenvalue weighted by molar-refractivity contribution is 6.62. The fraction of sp³-hybridized carbons (Fsp3) is 0.750. The molecule has 0 aliphatic carbocycles. The first-order valence-electron chi connectivity index (χ1n) is 2.20. The Hall–Kier alpha value is -0.240. The lowest BCUT2D eigenvalue weighted by Crippen LogP contribution is -2.16. The van der Waals surface area contributed by atoms with Crippen molar-refractivity contribution in [3.05, 3.63) is 0 Å². The lowest BCUT2D eigenvalue weighted by atomic mass is 10.5. The van der Waals surface area contributed by atoms with Crippen LogP contribution in [-0.2, 0) is 0 Å². The van der Waals surface area contributed by atoms with Crippen molar-refractivity contribution in [3.8, 4) is 0 Å². The van der Waals surface area contributed by atoms with Crippen LogP contribution in [0.3, 0.4) is 0 Å². The van der Waals surface area contributed by atoms with Gasteiger partial charge >= 0.3 is 5.37 Å². The summed E-state index contributed by atoms with van der Waals surface area (Å²) in [5, 5.41) is 1.95. The van der Waals surface area contributed by atoms with Crippen LogP contribution in [0, 0.1) is 0 Å². The summed E-state index contributed by atoms with van der Waals surface area (Å²) in [4.78, 5) is 9.86. The molecule has 2 nitrogen and oxygen atoms in total. The summed E-state index contributed by atoms with van der Waals surface area (Å²) >= 11 is 4.91. The van der Waals surface area contributed by atoms with E-state index in [1.165, 1.54) is 0 Å². The molecular weight excluding hydrogens is 114 g/mol. The number of carbonyl (C=O) groups is 1. The zero-order valence-electron chi connectivity index (χ0n) is 4.20. The lowest BCUT2D eigenvalue weighted by molar-refractivity contribution is 0.259. The Bertz CT molecular complexity index is 64.7. The Balaban J connectivity index is 2.82. The van der Waals surface area contributed by atoms with Crippen LogP contribution in [0.2, 0.25) is 0 Å². The molecule has 0 spiro atoms. The second-order valence-electron chi connectivity index (χ2n) is 1.20. The molecule has 7 heavy (non-hydrogen) atoms. The molecule has 0 aliphatic rings. The first-order chi connectivity index (χ1) is 3.27. The summed E-state index contributed by atoms with van der Waals surface area (Å²) in [7, 11) is 0. The number of carbonyl (C=O) groups excluding carboxylic acids is 1. The fourth-order valence-corrected chi connectivity index (χ4v) is 0.318. The zero-order chi connectivity index (χ0) is 5.70. The van der Waals surface area contributed by atoms with Gasteiger partial charge in [-0.05, 0) is 18.0 Å². The highest BCUT2D eigenvalue weighted by atomic mass is 35.5. The number of hydrogen-bond donors (Lipinski definition) is 1. The zero-order valence-corrected chi connectivity index (χ0v) is 4.96. The minimum absolute atomic E-state index is 0.471. The summed E-state index contributed by atoms with van der Waals surface area (Å²) in [5.41, 5.74) is 0. The van der Waals surface area contributed by atoms with E-state index in [4.69, 9.17) is 11.6 Å². The Kier molecular flexibility index (Phi) is 3.80. The molecule has 0 aromatic rings. The second-order valence-corrected chi connectivity index (χ2v) is 1.54. The van der Waals surface area contributed by atoms with E-state index in [-0.39, 0.29) is 0 Å². The molecule has 0 fully saturated rings. The van der Waals surface area contributed by atoms with Crippen molar-refractivity contribution in [1.29, 1.82) is 0 Å². The lowest BCUT2D eigenvalue weighted by Gasteiger charge is -1.91. The monoisotopic (exact) mass is 121 g/mol. The third kappa shape index (κ3) is 5.76. The van der Waals surface area contributed by atoms with E-state index < -0.39 is 5.37 Å². The summed E-state index contributed by atoms with van der Waals surface area (Å²) in [6, 6.07) is 0. The third-order valence-electron chi connectivity index (χ3n) is 0.514. The quantitative estimate of drug-likeness (QED) is 0.434.